The molecule has 0 aliphatic heterocycles. The summed E-state index contributed by atoms with van der Waals surface area (Å²) in [7, 11) is 0. The Labute approximate surface area is 61.0 Å². The van der Waals surface area contributed by atoms with Crippen LogP contribution in [0.4, 0.5) is 0 Å². The van der Waals surface area contributed by atoms with E-state index in [0.717, 1.165) is 0 Å². The first kappa shape index (κ1) is 8.21. The normalized spacial score (nSPS) is 15.5. The molecule has 0 heterocycles. The Morgan fingerprint density at radius 2 is 1.33 bits per heavy atom. The molecule has 0 bridgehead atoms. The van der Waals surface area contributed by atoms with Crippen molar-refractivity contribution in [1.82, 2.24) is 0 Å². The highest BCUT2D eigenvalue weighted by atomic mass is 79.9. The zero-order valence-electron chi connectivity index (χ0n) is 2.41. The fraction of sp³-hybridized carbons (Fsp3) is 0. The molecule has 0 rings (SSSR count). The molecule has 0 fully saturated rings. The van der Waals surface area contributed by atoms with Gasteiger partial charge in [-0.15, -0.1) is 0 Å². The fourth-order valence-corrected chi connectivity index (χ4v) is 0. The maximum Gasteiger partial charge on any atom is 0.136 e. The molecule has 0 nitrogen and oxygen atoms in total. The van der Waals surface area contributed by atoms with Crippen molar-refractivity contribution in [3.05, 3.63) is 0 Å². The summed E-state index contributed by atoms with van der Waals surface area (Å²) >= 11 is 19.0. The van der Waals surface area contributed by atoms with E-state index in [1.54, 1.807) is 0 Å². The van der Waals surface area contributed by atoms with E-state index in [0.29, 0.717) is 0 Å². The molecule has 0 aliphatic rings. The van der Waals surface area contributed by atoms with Crippen LogP contribution < -0.4 is 0 Å². The van der Waals surface area contributed by atoms with E-state index in [4.69, 9.17) is 33.7 Å². The molecule has 0 saturated carbocycles. The third kappa shape index (κ3) is 4.37. The molecule has 0 aromatic carbocycles. The monoisotopic (exact) mass is 246 g/mol. The lowest BCUT2D eigenvalue weighted by Crippen LogP contribution is -1.18. The van der Waals surface area contributed by atoms with Crippen molar-refractivity contribution in [2.75, 3.05) is 0 Å². The summed E-state index contributed by atoms with van der Waals surface area (Å²) < 4.78 is 0. The van der Waals surface area contributed by atoms with Crippen LogP contribution in [0, 0.1) is 0 Å². The van der Waals surface area contributed by atoms with Gasteiger partial charge in [-0.1, -0.05) is 33.7 Å². The SMILES string of the molecule is ClP(Cl)P(Cl)Br. The molecule has 38 valence electrons. The van der Waals surface area contributed by atoms with Crippen LogP contribution in [0.5, 0.6) is 0 Å². The first-order chi connectivity index (χ1) is 2.64. The van der Waals surface area contributed by atoms with Crippen molar-refractivity contribution >= 4 is 61.2 Å². The third-order valence-electron chi connectivity index (χ3n) is 0.114. The van der Waals surface area contributed by atoms with Gasteiger partial charge in [0.25, 0.3) is 0 Å². The van der Waals surface area contributed by atoms with Crippen molar-refractivity contribution in [2.24, 2.45) is 0 Å². The third-order valence-corrected chi connectivity index (χ3v) is 12.6. The van der Waals surface area contributed by atoms with Crippen LogP contribution in [-0.4, -0.2) is 0 Å². The van der Waals surface area contributed by atoms with Crippen LogP contribution in [0.15, 0.2) is 0 Å². The Bertz CT molecular complexity index is 29.8. The molecule has 0 aromatic rings. The van der Waals surface area contributed by atoms with E-state index in [2.05, 4.69) is 15.5 Å². The predicted molar refractivity (Wildman–Crippen MR) is 40.3 cm³/mol. The van der Waals surface area contributed by atoms with Crippen LogP contribution >= 0.6 is 61.2 Å². The number of hydrogen-bond donors (Lipinski definition) is 0. The molecule has 1 atom stereocenters. The Kier molecular flexibility index (Phi) is 5.64. The van der Waals surface area contributed by atoms with Crippen molar-refractivity contribution in [3.63, 3.8) is 0 Å². The van der Waals surface area contributed by atoms with Gasteiger partial charge in [0.2, 0.25) is 0 Å². The number of hydrogen-bond acceptors (Lipinski definition) is 0. The lowest BCUT2D eigenvalue weighted by Gasteiger charge is -1.94. The Morgan fingerprint density at radius 1 is 1.17 bits per heavy atom. The van der Waals surface area contributed by atoms with Crippen molar-refractivity contribution in [2.45, 2.75) is 0 Å². The van der Waals surface area contributed by atoms with Crippen LogP contribution in [-0.2, 0) is 0 Å². The summed E-state index contributed by atoms with van der Waals surface area (Å²) in [5.41, 5.74) is -0.779. The van der Waals surface area contributed by atoms with Crippen LogP contribution in [0.3, 0.4) is 0 Å². The quantitative estimate of drug-likeness (QED) is 0.593. The van der Waals surface area contributed by atoms with Crippen molar-refractivity contribution < 1.29 is 0 Å². The van der Waals surface area contributed by atoms with E-state index >= 15 is 0 Å². The summed E-state index contributed by atoms with van der Waals surface area (Å²) in [4.78, 5) is 0. The van der Waals surface area contributed by atoms with Gasteiger partial charge in [-0.25, -0.2) is 0 Å². The van der Waals surface area contributed by atoms with Crippen LogP contribution in [0.1, 0.15) is 0 Å². The topological polar surface area (TPSA) is 0 Å². The summed E-state index contributed by atoms with van der Waals surface area (Å²) in [5.74, 6) is 0. The highest BCUT2D eigenvalue weighted by Gasteiger charge is 2.07. The summed E-state index contributed by atoms with van der Waals surface area (Å²) in [5, 5.41) is 0. The standard InChI is InChI=1S/BrCl3P2/c1-5(2)6(3)4. The van der Waals surface area contributed by atoms with Crippen molar-refractivity contribution in [3.8, 4) is 0 Å². The number of halogens is 4. The van der Waals surface area contributed by atoms with Gasteiger partial charge in [0, 0.05) is 0 Å². The molecule has 0 aliphatic carbocycles. The highest BCUT2D eigenvalue weighted by Crippen LogP contribution is 2.82. The van der Waals surface area contributed by atoms with Gasteiger partial charge < -0.3 is 0 Å². The summed E-state index contributed by atoms with van der Waals surface area (Å²) in [6, 6.07) is 0. The summed E-state index contributed by atoms with van der Waals surface area (Å²) in [6.45, 7) is 0. The molecule has 0 radical (unpaired) electrons. The maximum atomic E-state index is 5.36. The van der Waals surface area contributed by atoms with Gasteiger partial charge >= 0.3 is 0 Å². The molecule has 0 amide bonds. The largest absolute Gasteiger partial charge is 0.136 e. The minimum atomic E-state index is -0.968. The van der Waals surface area contributed by atoms with E-state index in [-0.39, 0.29) is 0 Å². The molecular formula is BrCl3P2. The summed E-state index contributed by atoms with van der Waals surface area (Å²) in [6.07, 6.45) is -0.968. The average molecular weight is 248 g/mol. The maximum absolute atomic E-state index is 5.36. The minimum Gasteiger partial charge on any atom is -0.0758 e. The second kappa shape index (κ2) is 4.13. The van der Waals surface area contributed by atoms with Gasteiger partial charge in [0.15, 0.2) is 0 Å². The molecular weight excluding hydrogens is 248 g/mol. The highest BCUT2D eigenvalue weighted by molar-refractivity contribution is 9.49. The Balaban J connectivity index is 2.99. The van der Waals surface area contributed by atoms with E-state index in [9.17, 15) is 0 Å². The zero-order chi connectivity index (χ0) is 5.15. The molecule has 6 heavy (non-hydrogen) atoms. The lowest BCUT2D eigenvalue weighted by molar-refractivity contribution is 4.59. The van der Waals surface area contributed by atoms with Crippen LogP contribution in [0.25, 0.3) is 0 Å². The van der Waals surface area contributed by atoms with Gasteiger partial charge in [0.1, 0.15) is 12.0 Å². The fourth-order valence-electron chi connectivity index (χ4n) is 0. The first-order valence-electron chi connectivity index (χ1n) is 0.876. The smallest absolute Gasteiger partial charge is 0.0758 e. The zero-order valence-corrected chi connectivity index (χ0v) is 8.05. The lowest BCUT2D eigenvalue weighted by atomic mass is 29.7. The number of rotatable bonds is 1. The predicted octanol–water partition coefficient (Wildman–Crippen LogP) is 4.64. The van der Waals surface area contributed by atoms with E-state index in [1.165, 1.54) is 0 Å². The van der Waals surface area contributed by atoms with Crippen molar-refractivity contribution in [1.29, 1.82) is 0 Å². The van der Waals surface area contributed by atoms with Gasteiger partial charge in [0.05, 0.1) is 0 Å². The van der Waals surface area contributed by atoms with Gasteiger partial charge in [-0.3, -0.25) is 0 Å². The molecule has 1 unspecified atom stereocenters. The van der Waals surface area contributed by atoms with Gasteiger partial charge in [-0.2, -0.15) is 0 Å². The Morgan fingerprint density at radius 3 is 1.33 bits per heavy atom. The van der Waals surface area contributed by atoms with E-state index < -0.39 is 12.0 Å². The Hall–Kier alpha value is 2.21. The molecule has 0 aromatic heterocycles. The average Bonchev–Trinajstić information content (AvgIpc) is 1.36. The molecule has 0 N–H and O–H groups in total. The first-order valence-corrected chi connectivity index (χ1v) is 9.00. The second-order valence-corrected chi connectivity index (χ2v) is 14.4. The molecule has 6 heteroatoms. The van der Waals surface area contributed by atoms with Crippen LogP contribution in [0.2, 0.25) is 0 Å². The molecule has 0 spiro atoms. The second-order valence-electron chi connectivity index (χ2n) is 0.430. The van der Waals surface area contributed by atoms with E-state index in [1.807, 2.05) is 0 Å². The molecule has 0 saturated heterocycles. The minimum absolute atomic E-state index is 0.779. The van der Waals surface area contributed by atoms with Gasteiger partial charge in [-0.05, 0) is 15.5 Å².